The Labute approximate surface area is 132 Å². The van der Waals surface area contributed by atoms with Crippen LogP contribution in [-0.2, 0) is 6.54 Å². The summed E-state index contributed by atoms with van der Waals surface area (Å²) >= 11 is 0. The maximum atomic E-state index is 4.96. The van der Waals surface area contributed by atoms with Gasteiger partial charge in [-0.05, 0) is 52.2 Å². The Morgan fingerprint density at radius 1 is 1.32 bits per heavy atom. The number of aromatic nitrogens is 3. The van der Waals surface area contributed by atoms with Gasteiger partial charge in [0.1, 0.15) is 5.82 Å². The first-order valence-electron chi connectivity index (χ1n) is 8.07. The molecule has 0 amide bonds. The van der Waals surface area contributed by atoms with Gasteiger partial charge in [-0.15, -0.1) is 0 Å². The molecule has 1 aliphatic heterocycles. The average molecular weight is 299 g/mol. The summed E-state index contributed by atoms with van der Waals surface area (Å²) in [7, 11) is 4.23. The number of nitrogens with zero attached hydrogens (tertiary/aromatic N) is 4. The molecule has 0 spiro atoms. The van der Waals surface area contributed by atoms with Crippen molar-refractivity contribution in [2.45, 2.75) is 25.3 Å². The van der Waals surface area contributed by atoms with Gasteiger partial charge in [-0.3, -0.25) is 4.98 Å². The largest absolute Gasteiger partial charge is 0.333 e. The van der Waals surface area contributed by atoms with E-state index in [0.29, 0.717) is 5.92 Å². The van der Waals surface area contributed by atoms with E-state index in [1.54, 1.807) is 6.20 Å². The van der Waals surface area contributed by atoms with Crippen molar-refractivity contribution in [2.75, 3.05) is 33.7 Å². The summed E-state index contributed by atoms with van der Waals surface area (Å²) in [6.07, 6.45) is 8.24. The number of pyridine rings is 1. The highest BCUT2D eigenvalue weighted by Crippen LogP contribution is 2.27. The second-order valence-corrected chi connectivity index (χ2v) is 6.25. The average Bonchev–Trinajstić information content (AvgIpc) is 2.99. The molecule has 1 fully saturated rings. The third-order valence-corrected chi connectivity index (χ3v) is 4.26. The summed E-state index contributed by atoms with van der Waals surface area (Å²) in [4.78, 5) is 11.4. The van der Waals surface area contributed by atoms with Gasteiger partial charge in [-0.2, -0.15) is 0 Å². The molecule has 3 heterocycles. The van der Waals surface area contributed by atoms with E-state index in [0.717, 1.165) is 37.4 Å². The van der Waals surface area contributed by atoms with E-state index in [4.69, 9.17) is 4.98 Å². The number of imidazole rings is 1. The minimum atomic E-state index is 0.564. The Balaban J connectivity index is 1.89. The molecular formula is C17H25N5. The Bertz CT molecular complexity index is 584. The van der Waals surface area contributed by atoms with Crippen LogP contribution in [0.2, 0.25) is 0 Å². The summed E-state index contributed by atoms with van der Waals surface area (Å²) < 4.78 is 2.35. The molecule has 0 saturated carbocycles. The SMILES string of the molecule is CN(C)CCn1cc(-c2cccnc2)nc1C1CCNCC1. The Morgan fingerprint density at radius 3 is 2.82 bits per heavy atom. The Hall–Kier alpha value is -1.72. The van der Waals surface area contributed by atoms with Crippen LogP contribution in [0.5, 0.6) is 0 Å². The second kappa shape index (κ2) is 7.03. The maximum absolute atomic E-state index is 4.96. The van der Waals surface area contributed by atoms with Crippen molar-refractivity contribution in [3.8, 4) is 11.3 Å². The van der Waals surface area contributed by atoms with Crippen molar-refractivity contribution >= 4 is 0 Å². The molecule has 0 atom stereocenters. The van der Waals surface area contributed by atoms with Crippen LogP contribution in [0.15, 0.2) is 30.7 Å². The smallest absolute Gasteiger partial charge is 0.112 e. The zero-order chi connectivity index (χ0) is 15.4. The van der Waals surface area contributed by atoms with Gasteiger partial charge < -0.3 is 14.8 Å². The number of rotatable bonds is 5. The summed E-state index contributed by atoms with van der Waals surface area (Å²) in [5, 5.41) is 3.44. The van der Waals surface area contributed by atoms with Gasteiger partial charge in [0.15, 0.2) is 0 Å². The molecule has 0 aliphatic carbocycles. The molecule has 0 bridgehead atoms. The maximum Gasteiger partial charge on any atom is 0.112 e. The minimum absolute atomic E-state index is 0.564. The fraction of sp³-hybridized carbons (Fsp3) is 0.529. The molecule has 0 radical (unpaired) electrons. The quantitative estimate of drug-likeness (QED) is 0.917. The Morgan fingerprint density at radius 2 is 2.14 bits per heavy atom. The van der Waals surface area contributed by atoms with E-state index < -0.39 is 0 Å². The summed E-state index contributed by atoms with van der Waals surface area (Å²) in [5.74, 6) is 1.80. The zero-order valence-electron chi connectivity index (χ0n) is 13.5. The molecule has 5 heteroatoms. The molecule has 0 aromatic carbocycles. The third kappa shape index (κ3) is 3.54. The van der Waals surface area contributed by atoms with Crippen LogP contribution in [0.3, 0.4) is 0 Å². The van der Waals surface area contributed by atoms with Crippen molar-refractivity contribution in [3.05, 3.63) is 36.5 Å². The number of nitrogens with one attached hydrogen (secondary N) is 1. The van der Waals surface area contributed by atoms with E-state index in [-0.39, 0.29) is 0 Å². The molecule has 5 nitrogen and oxygen atoms in total. The lowest BCUT2D eigenvalue weighted by Gasteiger charge is -2.23. The van der Waals surface area contributed by atoms with Crippen LogP contribution in [0.1, 0.15) is 24.6 Å². The van der Waals surface area contributed by atoms with E-state index in [2.05, 4.69) is 46.1 Å². The minimum Gasteiger partial charge on any atom is -0.333 e. The highest BCUT2D eigenvalue weighted by atomic mass is 15.1. The van der Waals surface area contributed by atoms with Gasteiger partial charge in [0.05, 0.1) is 5.69 Å². The van der Waals surface area contributed by atoms with Crippen molar-refractivity contribution in [1.29, 1.82) is 0 Å². The van der Waals surface area contributed by atoms with Gasteiger partial charge in [0, 0.05) is 43.2 Å². The van der Waals surface area contributed by atoms with Crippen LogP contribution in [0.25, 0.3) is 11.3 Å². The van der Waals surface area contributed by atoms with E-state index >= 15 is 0 Å². The highest BCUT2D eigenvalue weighted by molar-refractivity contribution is 5.57. The van der Waals surface area contributed by atoms with Gasteiger partial charge in [-0.25, -0.2) is 4.98 Å². The van der Waals surface area contributed by atoms with Gasteiger partial charge in [0.2, 0.25) is 0 Å². The first-order chi connectivity index (χ1) is 10.7. The fourth-order valence-electron chi connectivity index (χ4n) is 2.98. The number of hydrogen-bond acceptors (Lipinski definition) is 4. The van der Waals surface area contributed by atoms with Crippen LogP contribution < -0.4 is 5.32 Å². The number of piperidine rings is 1. The van der Waals surface area contributed by atoms with E-state index in [1.807, 2.05) is 12.3 Å². The van der Waals surface area contributed by atoms with Crippen molar-refractivity contribution in [1.82, 2.24) is 24.8 Å². The van der Waals surface area contributed by atoms with Gasteiger partial charge >= 0.3 is 0 Å². The third-order valence-electron chi connectivity index (χ3n) is 4.26. The highest BCUT2D eigenvalue weighted by Gasteiger charge is 2.21. The predicted octanol–water partition coefficient (Wildman–Crippen LogP) is 1.97. The number of likely N-dealkylation sites (N-methyl/N-ethyl adjacent to an activating group) is 1. The first kappa shape index (κ1) is 15.2. The molecule has 2 aromatic rings. The molecule has 3 rings (SSSR count). The fourth-order valence-corrected chi connectivity index (χ4v) is 2.98. The molecule has 1 saturated heterocycles. The molecule has 1 aliphatic rings. The van der Waals surface area contributed by atoms with Crippen LogP contribution in [-0.4, -0.2) is 53.2 Å². The Kier molecular flexibility index (Phi) is 4.85. The monoisotopic (exact) mass is 299 g/mol. The molecule has 0 unspecified atom stereocenters. The van der Waals surface area contributed by atoms with Crippen molar-refractivity contribution in [2.24, 2.45) is 0 Å². The van der Waals surface area contributed by atoms with Crippen LogP contribution >= 0.6 is 0 Å². The number of hydrogen-bond donors (Lipinski definition) is 1. The first-order valence-corrected chi connectivity index (χ1v) is 8.07. The molecule has 2 aromatic heterocycles. The van der Waals surface area contributed by atoms with Crippen molar-refractivity contribution in [3.63, 3.8) is 0 Å². The lowest BCUT2D eigenvalue weighted by atomic mass is 9.97. The van der Waals surface area contributed by atoms with Crippen LogP contribution in [0.4, 0.5) is 0 Å². The lowest BCUT2D eigenvalue weighted by molar-refractivity contribution is 0.369. The normalized spacial score (nSPS) is 16.3. The summed E-state index contributed by atoms with van der Waals surface area (Å²) in [6, 6.07) is 4.05. The summed E-state index contributed by atoms with van der Waals surface area (Å²) in [6.45, 7) is 4.20. The van der Waals surface area contributed by atoms with Crippen molar-refractivity contribution < 1.29 is 0 Å². The molecule has 22 heavy (non-hydrogen) atoms. The predicted molar refractivity (Wildman–Crippen MR) is 88.9 cm³/mol. The van der Waals surface area contributed by atoms with Gasteiger partial charge in [0.25, 0.3) is 0 Å². The standard InChI is InChI=1S/C17H25N5/c1-21(2)10-11-22-13-16(15-4-3-7-19-12-15)20-17(22)14-5-8-18-9-6-14/h3-4,7,12-14,18H,5-6,8-11H2,1-2H3. The molecule has 118 valence electrons. The van der Waals surface area contributed by atoms with E-state index in [9.17, 15) is 0 Å². The van der Waals surface area contributed by atoms with Crippen LogP contribution in [0, 0.1) is 0 Å². The lowest BCUT2D eigenvalue weighted by Crippen LogP contribution is -2.28. The van der Waals surface area contributed by atoms with Gasteiger partial charge in [-0.1, -0.05) is 0 Å². The topological polar surface area (TPSA) is 46.0 Å². The van der Waals surface area contributed by atoms with E-state index in [1.165, 1.54) is 18.7 Å². The molecular weight excluding hydrogens is 274 g/mol. The summed E-state index contributed by atoms with van der Waals surface area (Å²) in [5.41, 5.74) is 2.14. The second-order valence-electron chi connectivity index (χ2n) is 6.25. The zero-order valence-corrected chi connectivity index (χ0v) is 13.5. The molecule has 1 N–H and O–H groups in total.